The van der Waals surface area contributed by atoms with Crippen LogP contribution < -0.4 is 5.56 Å². The molecule has 4 rings (SSSR count). The first-order valence-corrected chi connectivity index (χ1v) is 10.6. The lowest BCUT2D eigenvalue weighted by molar-refractivity contribution is 0.0678. The predicted molar refractivity (Wildman–Crippen MR) is 114 cm³/mol. The van der Waals surface area contributed by atoms with Gasteiger partial charge in [-0.15, -0.1) is 0 Å². The third-order valence-corrected chi connectivity index (χ3v) is 5.78. The van der Waals surface area contributed by atoms with Crippen molar-refractivity contribution in [2.45, 2.75) is 36.8 Å². The van der Waals surface area contributed by atoms with Crippen molar-refractivity contribution in [1.29, 1.82) is 0 Å². The van der Waals surface area contributed by atoms with Gasteiger partial charge in [-0.1, -0.05) is 54.2 Å². The zero-order valence-corrected chi connectivity index (χ0v) is 16.9. The summed E-state index contributed by atoms with van der Waals surface area (Å²) < 4.78 is 28.7. The van der Waals surface area contributed by atoms with E-state index < -0.39 is 6.55 Å². The second-order valence-electron chi connectivity index (χ2n) is 6.77. The van der Waals surface area contributed by atoms with Crippen LogP contribution in [0, 0.1) is 0 Å². The minimum Gasteiger partial charge on any atom is -0.287 e. The predicted octanol–water partition coefficient (Wildman–Crippen LogP) is 4.91. The van der Waals surface area contributed by atoms with Crippen LogP contribution in [0.15, 0.2) is 76.9 Å². The molecule has 2 heterocycles. The van der Waals surface area contributed by atoms with E-state index in [0.717, 1.165) is 17.4 Å². The van der Waals surface area contributed by atoms with Crippen molar-refractivity contribution >= 4 is 22.7 Å². The Kier molecular flexibility index (Phi) is 6.23. The van der Waals surface area contributed by atoms with Gasteiger partial charge >= 0.3 is 6.55 Å². The highest BCUT2D eigenvalue weighted by Gasteiger charge is 2.15. The second kappa shape index (κ2) is 9.21. The van der Waals surface area contributed by atoms with E-state index in [0.29, 0.717) is 22.6 Å². The molecule has 5 nitrogen and oxygen atoms in total. The topological polar surface area (TPSA) is 52.7 Å². The number of aromatic nitrogens is 4. The van der Waals surface area contributed by atoms with Gasteiger partial charge in [0.1, 0.15) is 5.82 Å². The Hall–Kier alpha value is -3.00. The van der Waals surface area contributed by atoms with Crippen LogP contribution in [0.3, 0.4) is 0 Å². The smallest absolute Gasteiger partial charge is 0.287 e. The molecule has 0 aliphatic heterocycles. The summed E-state index contributed by atoms with van der Waals surface area (Å²) in [6, 6.07) is 17.3. The average Bonchev–Trinajstić information content (AvgIpc) is 3.24. The average molecular weight is 426 g/mol. The van der Waals surface area contributed by atoms with E-state index in [1.165, 1.54) is 29.7 Å². The van der Waals surface area contributed by atoms with Crippen LogP contribution in [-0.2, 0) is 18.7 Å². The highest BCUT2D eigenvalue weighted by atomic mass is 32.2. The first-order valence-electron chi connectivity index (χ1n) is 9.59. The highest BCUT2D eigenvalue weighted by Crippen LogP contribution is 2.24. The molecule has 8 heteroatoms. The molecule has 0 N–H and O–H groups in total. The molecule has 0 bridgehead atoms. The summed E-state index contributed by atoms with van der Waals surface area (Å²) in [5.41, 5.74) is 1.68. The van der Waals surface area contributed by atoms with Gasteiger partial charge in [0.2, 0.25) is 0 Å². The van der Waals surface area contributed by atoms with Gasteiger partial charge in [0.15, 0.2) is 5.16 Å². The fraction of sp³-hybridized carbons (Fsp3) is 0.227. The van der Waals surface area contributed by atoms with Gasteiger partial charge in [0.25, 0.3) is 5.56 Å². The summed E-state index contributed by atoms with van der Waals surface area (Å²) >= 11 is 1.25. The molecule has 0 fully saturated rings. The van der Waals surface area contributed by atoms with Crippen molar-refractivity contribution in [1.82, 2.24) is 19.1 Å². The summed E-state index contributed by atoms with van der Waals surface area (Å²) in [5.74, 6) is 0.439. The number of benzene rings is 2. The maximum atomic E-state index is 13.1. The maximum absolute atomic E-state index is 13.1. The number of nitrogens with zero attached hydrogens (tertiary/aromatic N) is 4. The molecular weight excluding hydrogens is 406 g/mol. The van der Waals surface area contributed by atoms with Crippen LogP contribution in [0.5, 0.6) is 0 Å². The lowest BCUT2D eigenvalue weighted by Crippen LogP contribution is -2.24. The van der Waals surface area contributed by atoms with Crippen LogP contribution in [0.25, 0.3) is 10.9 Å². The molecule has 0 saturated heterocycles. The number of rotatable bonds is 8. The van der Waals surface area contributed by atoms with Crippen LogP contribution in [0.1, 0.15) is 24.4 Å². The molecule has 0 unspecified atom stereocenters. The largest absolute Gasteiger partial charge is 0.319 e. The number of halogens is 2. The minimum absolute atomic E-state index is 0.117. The maximum Gasteiger partial charge on any atom is 0.319 e. The van der Waals surface area contributed by atoms with Crippen LogP contribution in [0.4, 0.5) is 8.78 Å². The molecule has 0 radical (unpaired) electrons. The van der Waals surface area contributed by atoms with E-state index in [4.69, 9.17) is 0 Å². The Labute approximate surface area is 176 Å². The Morgan fingerprint density at radius 3 is 2.60 bits per heavy atom. The lowest BCUT2D eigenvalue weighted by Gasteiger charge is -2.13. The fourth-order valence-electron chi connectivity index (χ4n) is 3.30. The second-order valence-corrected chi connectivity index (χ2v) is 7.72. The van der Waals surface area contributed by atoms with Crippen molar-refractivity contribution < 1.29 is 8.78 Å². The van der Waals surface area contributed by atoms with E-state index in [2.05, 4.69) is 22.1 Å². The van der Waals surface area contributed by atoms with Gasteiger partial charge in [-0.2, -0.15) is 8.78 Å². The van der Waals surface area contributed by atoms with Gasteiger partial charge < -0.3 is 0 Å². The molecule has 0 atom stereocenters. The molecule has 154 valence electrons. The third-order valence-electron chi connectivity index (χ3n) is 4.81. The molecule has 2 aromatic heterocycles. The van der Waals surface area contributed by atoms with Crippen molar-refractivity contribution in [3.05, 3.63) is 88.7 Å². The first kappa shape index (κ1) is 20.3. The Bertz CT molecular complexity index is 1190. The van der Waals surface area contributed by atoms with E-state index in [-0.39, 0.29) is 17.1 Å². The number of imidazole rings is 1. The molecule has 4 aromatic rings. The van der Waals surface area contributed by atoms with E-state index in [1.54, 1.807) is 16.7 Å². The van der Waals surface area contributed by atoms with Crippen LogP contribution >= 0.6 is 11.8 Å². The normalized spacial score (nSPS) is 11.4. The Morgan fingerprint density at radius 1 is 1.03 bits per heavy atom. The number of alkyl halides is 2. The number of para-hydroxylation sites is 1. The third kappa shape index (κ3) is 4.43. The molecule has 0 amide bonds. The number of fused-ring (bicyclic) bond motifs is 1. The van der Waals surface area contributed by atoms with E-state index >= 15 is 0 Å². The van der Waals surface area contributed by atoms with Crippen LogP contribution in [-0.4, -0.2) is 19.1 Å². The van der Waals surface area contributed by atoms with E-state index in [9.17, 15) is 13.6 Å². The summed E-state index contributed by atoms with van der Waals surface area (Å²) in [7, 11) is 0. The number of aryl methyl sites for hydroxylation is 1. The number of hydrogen-bond donors (Lipinski definition) is 0. The summed E-state index contributed by atoms with van der Waals surface area (Å²) in [6.45, 7) is -2.15. The first-order chi connectivity index (χ1) is 14.6. The van der Waals surface area contributed by atoms with Gasteiger partial charge in [-0.25, -0.2) is 9.97 Å². The molecule has 0 aliphatic rings. The molecule has 0 spiro atoms. The molecule has 2 aromatic carbocycles. The SMILES string of the molecule is O=c1c2ccccc2nc(SCc2nccn2C(F)F)n1CCCc1ccccc1. The number of hydrogen-bond acceptors (Lipinski definition) is 4. The quantitative estimate of drug-likeness (QED) is 0.297. The zero-order chi connectivity index (χ0) is 20.9. The van der Waals surface area contributed by atoms with Gasteiger partial charge in [0, 0.05) is 18.9 Å². The highest BCUT2D eigenvalue weighted by molar-refractivity contribution is 7.98. The monoisotopic (exact) mass is 426 g/mol. The summed E-state index contributed by atoms with van der Waals surface area (Å²) in [4.78, 5) is 21.7. The van der Waals surface area contributed by atoms with Gasteiger partial charge in [-0.3, -0.25) is 13.9 Å². The standard InChI is InChI=1S/C22H20F2N4OS/c23-21(24)27-14-12-25-19(27)15-30-22-26-18-11-5-4-10-17(18)20(29)28(22)13-6-9-16-7-2-1-3-8-16/h1-5,7-8,10-12,14,21H,6,9,13,15H2. The van der Waals surface area contributed by atoms with Crippen molar-refractivity contribution in [2.24, 2.45) is 0 Å². The number of thioether (sulfide) groups is 1. The van der Waals surface area contributed by atoms with Crippen molar-refractivity contribution in [2.75, 3.05) is 0 Å². The summed E-state index contributed by atoms with van der Waals surface area (Å²) in [5, 5.41) is 1.06. The fourth-order valence-corrected chi connectivity index (χ4v) is 4.28. The van der Waals surface area contributed by atoms with Gasteiger partial charge in [0.05, 0.1) is 16.7 Å². The zero-order valence-electron chi connectivity index (χ0n) is 16.1. The van der Waals surface area contributed by atoms with Crippen molar-refractivity contribution in [3.8, 4) is 0 Å². The minimum atomic E-state index is -2.65. The van der Waals surface area contributed by atoms with Crippen LogP contribution in [0.2, 0.25) is 0 Å². The Balaban J connectivity index is 1.60. The Morgan fingerprint density at radius 2 is 1.80 bits per heavy atom. The molecule has 0 saturated carbocycles. The molecular formula is C22H20F2N4OS. The molecule has 0 aliphatic carbocycles. The van der Waals surface area contributed by atoms with Gasteiger partial charge in [-0.05, 0) is 30.5 Å². The lowest BCUT2D eigenvalue weighted by atomic mass is 10.1. The van der Waals surface area contributed by atoms with Crippen molar-refractivity contribution in [3.63, 3.8) is 0 Å². The molecule has 30 heavy (non-hydrogen) atoms. The van der Waals surface area contributed by atoms with E-state index in [1.807, 2.05) is 30.3 Å². The summed E-state index contributed by atoms with van der Waals surface area (Å²) in [6.07, 6.45) is 4.20.